The monoisotopic (exact) mass is 127 g/mol. The van der Waals surface area contributed by atoms with Crippen molar-refractivity contribution in [3.63, 3.8) is 0 Å². The van der Waals surface area contributed by atoms with Crippen LogP contribution in [-0.2, 0) is 4.74 Å². The predicted octanol–water partition coefficient (Wildman–Crippen LogP) is 2.54. The van der Waals surface area contributed by atoms with Gasteiger partial charge in [0.2, 0.25) is 0 Å². The minimum absolute atomic E-state index is 0.643. The van der Waals surface area contributed by atoms with E-state index >= 15 is 0 Å². The van der Waals surface area contributed by atoms with E-state index in [4.69, 9.17) is 4.74 Å². The number of hydrogen-bond acceptors (Lipinski definition) is 1. The van der Waals surface area contributed by atoms with Crippen molar-refractivity contribution in [2.45, 2.75) is 26.2 Å². The lowest BCUT2D eigenvalue weighted by molar-refractivity contribution is 0.223. The summed E-state index contributed by atoms with van der Waals surface area (Å²) in [7, 11) is 0. The lowest BCUT2D eigenvalue weighted by atomic mass is 10.3. The first-order valence-electron chi connectivity index (χ1n) is 3.46. The lowest BCUT2D eigenvalue weighted by Crippen LogP contribution is -1.86. The molecule has 0 spiro atoms. The second-order valence-corrected chi connectivity index (χ2v) is 1.93. The van der Waals surface area contributed by atoms with Crippen molar-refractivity contribution in [3.05, 3.63) is 19.3 Å². The first kappa shape index (κ1) is 8.70. The molecular weight excluding hydrogens is 112 g/mol. The van der Waals surface area contributed by atoms with Crippen LogP contribution in [-0.4, -0.2) is 6.61 Å². The van der Waals surface area contributed by atoms with Crippen molar-refractivity contribution in [2.75, 3.05) is 6.61 Å². The summed E-state index contributed by atoms with van der Waals surface area (Å²) in [4.78, 5) is 0. The molecule has 0 saturated carbocycles. The molecule has 0 rings (SSSR count). The average Bonchev–Trinajstić information content (AvgIpc) is 1.89. The molecule has 0 atom stereocenters. The molecule has 1 radical (unpaired) electrons. The second-order valence-electron chi connectivity index (χ2n) is 1.93. The maximum atomic E-state index is 5.04. The molecule has 0 aliphatic rings. The van der Waals surface area contributed by atoms with Gasteiger partial charge < -0.3 is 4.74 Å². The molecule has 0 saturated heterocycles. The molecule has 53 valence electrons. The molecule has 1 nitrogen and oxygen atoms in total. The normalized spacial score (nSPS) is 9.44. The largest absolute Gasteiger partial charge is 0.371 e. The Morgan fingerprint density at radius 1 is 1.56 bits per heavy atom. The van der Waals surface area contributed by atoms with Crippen molar-refractivity contribution in [2.24, 2.45) is 0 Å². The third kappa shape index (κ3) is 7.70. The van der Waals surface area contributed by atoms with Crippen molar-refractivity contribution in [1.29, 1.82) is 0 Å². The van der Waals surface area contributed by atoms with E-state index < -0.39 is 0 Å². The minimum atomic E-state index is 0.643. The maximum Gasteiger partial charge on any atom is 0.0841 e. The third-order valence-electron chi connectivity index (χ3n) is 1.01. The zero-order valence-electron chi connectivity index (χ0n) is 6.10. The van der Waals surface area contributed by atoms with Gasteiger partial charge in [-0.15, -0.1) is 6.58 Å². The van der Waals surface area contributed by atoms with Gasteiger partial charge in [0.25, 0.3) is 0 Å². The topological polar surface area (TPSA) is 9.23 Å². The molecule has 0 aliphatic heterocycles. The minimum Gasteiger partial charge on any atom is -0.371 e. The summed E-state index contributed by atoms with van der Waals surface area (Å²) in [6.45, 7) is 8.20. The van der Waals surface area contributed by atoms with Gasteiger partial charge in [0.1, 0.15) is 0 Å². The van der Waals surface area contributed by atoms with Crippen LogP contribution in [0.4, 0.5) is 0 Å². The van der Waals surface area contributed by atoms with E-state index in [1.54, 1.807) is 6.08 Å². The highest BCUT2D eigenvalue weighted by atomic mass is 16.5. The fraction of sp³-hybridized carbons (Fsp3) is 0.625. The van der Waals surface area contributed by atoms with Crippen molar-refractivity contribution >= 4 is 0 Å². The van der Waals surface area contributed by atoms with Crippen LogP contribution in [0.2, 0.25) is 0 Å². The summed E-state index contributed by atoms with van der Waals surface area (Å²) < 4.78 is 5.04. The van der Waals surface area contributed by atoms with Crippen LogP contribution < -0.4 is 0 Å². The molecule has 9 heavy (non-hydrogen) atoms. The van der Waals surface area contributed by atoms with Gasteiger partial charge >= 0.3 is 0 Å². The van der Waals surface area contributed by atoms with Gasteiger partial charge in [-0.1, -0.05) is 25.8 Å². The zero-order valence-corrected chi connectivity index (χ0v) is 6.10. The van der Waals surface area contributed by atoms with Crippen LogP contribution in [0.5, 0.6) is 0 Å². The second kappa shape index (κ2) is 7.70. The Labute approximate surface area is 57.7 Å². The Kier molecular flexibility index (Phi) is 7.44. The first-order valence-corrected chi connectivity index (χ1v) is 3.46. The van der Waals surface area contributed by atoms with Crippen LogP contribution in [0.25, 0.3) is 0 Å². The van der Waals surface area contributed by atoms with Gasteiger partial charge in [-0.3, -0.25) is 0 Å². The fourth-order valence-corrected chi connectivity index (χ4v) is 0.507. The van der Waals surface area contributed by atoms with Gasteiger partial charge in [-0.2, -0.15) is 0 Å². The van der Waals surface area contributed by atoms with E-state index in [1.165, 1.54) is 12.8 Å². The van der Waals surface area contributed by atoms with Gasteiger partial charge in [0.15, 0.2) is 0 Å². The summed E-state index contributed by atoms with van der Waals surface area (Å²) in [6, 6.07) is 0. The van der Waals surface area contributed by atoms with Crippen molar-refractivity contribution in [3.8, 4) is 0 Å². The van der Waals surface area contributed by atoms with Gasteiger partial charge in [0.05, 0.1) is 13.2 Å². The Bertz CT molecular complexity index is 59.6. The van der Waals surface area contributed by atoms with E-state index in [0.717, 1.165) is 6.42 Å². The number of rotatable bonds is 6. The maximum absolute atomic E-state index is 5.04. The summed E-state index contributed by atoms with van der Waals surface area (Å²) in [5, 5.41) is 0. The molecular formula is C8H15O. The Morgan fingerprint density at radius 3 is 2.89 bits per heavy atom. The summed E-state index contributed by atoms with van der Waals surface area (Å²) in [5.41, 5.74) is 0. The Balaban J connectivity index is 2.66. The van der Waals surface area contributed by atoms with Crippen LogP contribution in [0.3, 0.4) is 0 Å². The summed E-state index contributed by atoms with van der Waals surface area (Å²) in [5.74, 6) is 0. The fourth-order valence-electron chi connectivity index (χ4n) is 0.507. The molecule has 0 fully saturated rings. The lowest BCUT2D eigenvalue weighted by Gasteiger charge is -1.96. The first-order chi connectivity index (χ1) is 4.41. The SMILES string of the molecule is C=CCO[CH]CCCC. The van der Waals surface area contributed by atoms with E-state index in [-0.39, 0.29) is 0 Å². The van der Waals surface area contributed by atoms with Crippen LogP contribution in [0, 0.1) is 6.61 Å². The number of unbranched alkanes of at least 4 members (excludes halogenated alkanes) is 2. The molecule has 0 N–H and O–H groups in total. The molecule has 0 unspecified atom stereocenters. The highest BCUT2D eigenvalue weighted by Crippen LogP contribution is 1.97. The molecule has 0 aromatic rings. The Morgan fingerprint density at radius 2 is 2.33 bits per heavy atom. The zero-order chi connectivity index (χ0) is 6.95. The van der Waals surface area contributed by atoms with Gasteiger partial charge in [-0.05, 0) is 6.42 Å². The van der Waals surface area contributed by atoms with Crippen LogP contribution in [0.1, 0.15) is 26.2 Å². The number of hydrogen-bond donors (Lipinski definition) is 0. The van der Waals surface area contributed by atoms with Gasteiger partial charge in [-0.25, -0.2) is 0 Å². The van der Waals surface area contributed by atoms with Crippen LogP contribution in [0.15, 0.2) is 12.7 Å². The molecule has 0 bridgehead atoms. The summed E-state index contributed by atoms with van der Waals surface area (Å²) >= 11 is 0. The van der Waals surface area contributed by atoms with E-state index in [9.17, 15) is 0 Å². The van der Waals surface area contributed by atoms with Gasteiger partial charge in [0, 0.05) is 0 Å². The van der Waals surface area contributed by atoms with E-state index in [0.29, 0.717) is 6.61 Å². The van der Waals surface area contributed by atoms with Crippen molar-refractivity contribution in [1.82, 2.24) is 0 Å². The molecule has 0 aromatic heterocycles. The van der Waals surface area contributed by atoms with E-state index in [1.807, 2.05) is 6.61 Å². The predicted molar refractivity (Wildman–Crippen MR) is 40.0 cm³/mol. The standard InChI is InChI=1S/C8H15O/c1-3-5-6-8-9-7-4-2/h4,8H,2-3,5-7H2,1H3. The highest BCUT2D eigenvalue weighted by molar-refractivity contribution is 4.65. The third-order valence-corrected chi connectivity index (χ3v) is 1.01. The molecule has 0 aromatic carbocycles. The molecule has 0 amide bonds. The molecule has 0 heterocycles. The quantitative estimate of drug-likeness (QED) is 0.393. The van der Waals surface area contributed by atoms with Crippen LogP contribution >= 0.6 is 0 Å². The average molecular weight is 127 g/mol. The highest BCUT2D eigenvalue weighted by Gasteiger charge is 1.84. The molecule has 0 aliphatic carbocycles. The van der Waals surface area contributed by atoms with E-state index in [2.05, 4.69) is 13.5 Å². The smallest absolute Gasteiger partial charge is 0.0841 e. The summed E-state index contributed by atoms with van der Waals surface area (Å²) in [6.07, 6.45) is 5.26. The Hall–Kier alpha value is -0.300. The molecule has 1 heteroatoms. The van der Waals surface area contributed by atoms with Crippen molar-refractivity contribution < 1.29 is 4.74 Å². The number of ether oxygens (including phenoxy) is 1.